The van der Waals surface area contributed by atoms with Crippen LogP contribution in [0.3, 0.4) is 0 Å². The first-order valence-corrected chi connectivity index (χ1v) is 24.2. The van der Waals surface area contributed by atoms with Crippen molar-refractivity contribution in [2.24, 2.45) is 35.5 Å². The highest BCUT2D eigenvalue weighted by molar-refractivity contribution is 6.39. The van der Waals surface area contributed by atoms with Crippen LogP contribution >= 0.6 is 0 Å². The van der Waals surface area contributed by atoms with E-state index in [2.05, 4.69) is 6.92 Å². The Morgan fingerprint density at radius 3 is 2.22 bits per heavy atom. The number of aliphatic hydroxyl groups is 5. The molecule has 370 valence electrons. The predicted molar refractivity (Wildman–Crippen MR) is 247 cm³/mol. The van der Waals surface area contributed by atoms with Gasteiger partial charge in [-0.25, -0.2) is 4.79 Å². The van der Waals surface area contributed by atoms with Gasteiger partial charge in [0.1, 0.15) is 24.4 Å². The van der Waals surface area contributed by atoms with E-state index in [0.29, 0.717) is 63.4 Å². The molecule has 1 amide bonds. The Labute approximate surface area is 388 Å². The number of ether oxygens (including phenoxy) is 5. The number of hydrogen-bond donors (Lipinski definition) is 5. The van der Waals surface area contributed by atoms with Crippen LogP contribution in [0.25, 0.3) is 0 Å². The summed E-state index contributed by atoms with van der Waals surface area (Å²) in [4.78, 5) is 44.1. The van der Waals surface area contributed by atoms with E-state index >= 15 is 0 Å². The molecule has 3 heterocycles. The number of Topliss-reactive ketones (excluding diaryl/α,β-unsaturated/α-hetero) is 1. The highest BCUT2D eigenvalue weighted by atomic mass is 16.6. The van der Waals surface area contributed by atoms with Crippen molar-refractivity contribution in [2.45, 2.75) is 192 Å². The fraction of sp³-hybridized carbons (Fsp3) is 0.784. The zero-order valence-electron chi connectivity index (χ0n) is 40.8. The molecule has 65 heavy (non-hydrogen) atoms. The summed E-state index contributed by atoms with van der Waals surface area (Å²) in [6.45, 7) is 13.2. The largest absolute Gasteiger partial charge is 0.460 e. The third kappa shape index (κ3) is 14.6. The highest BCUT2D eigenvalue weighted by Gasteiger charge is 2.53. The predicted octanol–water partition coefficient (Wildman–Crippen LogP) is 5.76. The Bertz CT molecular complexity index is 1660. The van der Waals surface area contributed by atoms with Crippen molar-refractivity contribution in [1.82, 2.24) is 4.90 Å². The first kappa shape index (κ1) is 54.8. The number of esters is 1. The number of piperidine rings is 1. The molecule has 2 saturated heterocycles. The summed E-state index contributed by atoms with van der Waals surface area (Å²) in [7, 11) is 4.63. The molecule has 0 aromatic carbocycles. The normalized spacial score (nSPS) is 41.4. The summed E-state index contributed by atoms with van der Waals surface area (Å²) in [5, 5.41) is 57.2. The third-order valence-corrected chi connectivity index (χ3v) is 14.9. The van der Waals surface area contributed by atoms with Gasteiger partial charge in [-0.1, -0.05) is 71.1 Å². The number of carbonyl (C=O) groups is 3. The van der Waals surface area contributed by atoms with Crippen molar-refractivity contribution < 1.29 is 63.6 Å². The number of cyclic esters (lactones) is 1. The van der Waals surface area contributed by atoms with Gasteiger partial charge < -0.3 is 54.1 Å². The Balaban J connectivity index is 1.70. The van der Waals surface area contributed by atoms with E-state index in [4.69, 9.17) is 23.7 Å². The molecule has 0 aromatic rings. The van der Waals surface area contributed by atoms with Crippen molar-refractivity contribution in [3.8, 4) is 0 Å². The van der Waals surface area contributed by atoms with Gasteiger partial charge in [0, 0.05) is 52.6 Å². The van der Waals surface area contributed by atoms with Crippen molar-refractivity contribution in [3.05, 3.63) is 47.6 Å². The van der Waals surface area contributed by atoms with Crippen LogP contribution in [-0.4, -0.2) is 143 Å². The molecular weight excluding hydrogens is 835 g/mol. The molecule has 0 spiro atoms. The zero-order valence-corrected chi connectivity index (χ0v) is 40.8. The standard InChI is InChI=1S/C51H83NO13/c1-30-16-12-11-13-17-31(2)42(61-8)28-38-21-19-36(7)51(60,65-38)48(57)49(58)52-23-15-14-18-39(52)50(59)64-43(33(4)26-37-20-22-40(53)44(27-37)62-9)29-41(54)32(3)25-35(6)46(56)47(63-10)45(55)34(5)24-30/h11-13,16-17,25,30,32-34,36-47,53-56,60H,14-15,18-24,26-29H2,1-10H3/b13-11?,16-12+,31-17?,35-25+/t30-,32-,33-,34-,36-,37?,38+,39+,40-,41+,42+,43?,44-,45+,46-,47+,51-/m1/s1. The molecule has 2 bridgehead atoms. The SMILES string of the molecule is CO[C@H]1[C@@H](O)[C@H](C)C[C@H](C)/C=C/C=CC=C(C)[C@@H](OC)C[C@@H]2CC[C@@H](C)[C@@](O)(O2)C(=O)C(=O)N2CCCC[C@H]2C(=O)OC([C@H](C)CC2CC[C@@H](O)[C@H](OC)C2)C[C@H](O)[C@H](C)/C=C(\C)[C@H]1O. The number of rotatable bonds is 6. The smallest absolute Gasteiger partial charge is 0.329 e. The summed E-state index contributed by atoms with van der Waals surface area (Å²) in [5.41, 5.74) is 1.41. The second-order valence-electron chi connectivity index (χ2n) is 20.0. The van der Waals surface area contributed by atoms with Gasteiger partial charge in [-0.05, 0) is 113 Å². The molecule has 0 radical (unpaired) electrons. The lowest BCUT2D eigenvalue weighted by atomic mass is 9.78. The van der Waals surface area contributed by atoms with Crippen molar-refractivity contribution in [3.63, 3.8) is 0 Å². The summed E-state index contributed by atoms with van der Waals surface area (Å²) >= 11 is 0. The summed E-state index contributed by atoms with van der Waals surface area (Å²) < 4.78 is 29.6. The van der Waals surface area contributed by atoms with Crippen LogP contribution in [0, 0.1) is 35.5 Å². The summed E-state index contributed by atoms with van der Waals surface area (Å²) in [6, 6.07) is -1.10. The Morgan fingerprint density at radius 2 is 1.54 bits per heavy atom. The molecule has 14 heteroatoms. The molecule has 5 N–H and O–H groups in total. The second-order valence-corrected chi connectivity index (χ2v) is 20.0. The molecule has 3 aliphatic heterocycles. The molecular formula is C51H83NO13. The fourth-order valence-electron chi connectivity index (χ4n) is 10.4. The topological polar surface area (TPSA) is 202 Å². The number of amides is 1. The lowest BCUT2D eigenvalue weighted by Gasteiger charge is -2.43. The number of ketones is 1. The lowest BCUT2D eigenvalue weighted by molar-refractivity contribution is -0.265. The molecule has 14 nitrogen and oxygen atoms in total. The lowest BCUT2D eigenvalue weighted by Crippen LogP contribution is -2.61. The first-order valence-electron chi connectivity index (χ1n) is 24.2. The van der Waals surface area contributed by atoms with Crippen LogP contribution in [0.5, 0.6) is 0 Å². The maximum atomic E-state index is 14.4. The molecule has 2 unspecified atom stereocenters. The van der Waals surface area contributed by atoms with Crippen LogP contribution in [0.2, 0.25) is 0 Å². The monoisotopic (exact) mass is 918 g/mol. The van der Waals surface area contributed by atoms with E-state index in [0.717, 1.165) is 12.0 Å². The van der Waals surface area contributed by atoms with E-state index < -0.39 is 90.2 Å². The molecule has 0 aromatic heterocycles. The fourth-order valence-corrected chi connectivity index (χ4v) is 10.4. The number of carbonyl (C=O) groups excluding carboxylic acids is 3. The minimum atomic E-state index is -2.41. The van der Waals surface area contributed by atoms with E-state index in [1.165, 1.54) is 12.0 Å². The molecule has 1 saturated carbocycles. The Morgan fingerprint density at radius 1 is 0.815 bits per heavy atom. The maximum absolute atomic E-state index is 14.4. The van der Waals surface area contributed by atoms with E-state index in [1.807, 2.05) is 58.1 Å². The van der Waals surface area contributed by atoms with Crippen molar-refractivity contribution in [2.75, 3.05) is 27.9 Å². The van der Waals surface area contributed by atoms with Gasteiger partial charge in [0.15, 0.2) is 0 Å². The molecule has 17 atom stereocenters. The van der Waals surface area contributed by atoms with Crippen LogP contribution in [0.4, 0.5) is 0 Å². The van der Waals surface area contributed by atoms with Gasteiger partial charge in [-0.3, -0.25) is 9.59 Å². The van der Waals surface area contributed by atoms with E-state index in [-0.39, 0.29) is 49.2 Å². The zero-order chi connectivity index (χ0) is 48.2. The summed E-state index contributed by atoms with van der Waals surface area (Å²) in [5.74, 6) is -6.69. The van der Waals surface area contributed by atoms with Crippen molar-refractivity contribution in [1.29, 1.82) is 0 Å². The number of fused-ring (bicyclic) bond motifs is 3. The van der Waals surface area contributed by atoms with Crippen LogP contribution in [-0.2, 0) is 38.1 Å². The Hall–Kier alpha value is -2.79. The van der Waals surface area contributed by atoms with Gasteiger partial charge in [0.25, 0.3) is 11.7 Å². The van der Waals surface area contributed by atoms with Crippen LogP contribution in [0.15, 0.2) is 47.6 Å². The van der Waals surface area contributed by atoms with Crippen LogP contribution in [0.1, 0.15) is 126 Å². The number of allylic oxidation sites excluding steroid dienone is 5. The molecule has 4 aliphatic rings. The van der Waals surface area contributed by atoms with E-state index in [9.17, 15) is 39.9 Å². The van der Waals surface area contributed by atoms with Gasteiger partial charge in [-0.15, -0.1) is 0 Å². The minimum Gasteiger partial charge on any atom is -0.460 e. The molecule has 3 fully saturated rings. The highest BCUT2D eigenvalue weighted by Crippen LogP contribution is 2.38. The van der Waals surface area contributed by atoms with Gasteiger partial charge in [0.2, 0.25) is 5.79 Å². The third-order valence-electron chi connectivity index (χ3n) is 14.9. The first-order chi connectivity index (χ1) is 30.7. The average Bonchev–Trinajstić information content (AvgIpc) is 3.28. The molecule has 4 rings (SSSR count). The quantitative estimate of drug-likeness (QED) is 0.122. The Kier molecular flexibility index (Phi) is 21.5. The van der Waals surface area contributed by atoms with Crippen LogP contribution < -0.4 is 0 Å². The van der Waals surface area contributed by atoms with Gasteiger partial charge in [0.05, 0.1) is 36.6 Å². The van der Waals surface area contributed by atoms with Crippen molar-refractivity contribution >= 4 is 17.7 Å². The second kappa shape index (κ2) is 25.5. The summed E-state index contributed by atoms with van der Waals surface area (Å²) in [6.07, 6.45) is 10.6. The van der Waals surface area contributed by atoms with Gasteiger partial charge in [-0.2, -0.15) is 0 Å². The maximum Gasteiger partial charge on any atom is 0.329 e. The van der Waals surface area contributed by atoms with E-state index in [1.54, 1.807) is 34.1 Å². The number of nitrogens with zero attached hydrogens (tertiary/aromatic N) is 1. The number of aliphatic hydroxyl groups excluding tert-OH is 4. The number of methoxy groups -OCH3 is 3. The molecule has 1 aliphatic carbocycles. The number of hydrogen-bond acceptors (Lipinski definition) is 13. The van der Waals surface area contributed by atoms with Gasteiger partial charge >= 0.3 is 5.97 Å². The average molecular weight is 918 g/mol. The minimum absolute atomic E-state index is 0.0359.